The Morgan fingerprint density at radius 1 is 1.00 bits per heavy atom. The van der Waals surface area contributed by atoms with E-state index in [1.807, 2.05) is 0 Å². The molecule has 0 aromatic heterocycles. The highest BCUT2D eigenvalue weighted by Crippen LogP contribution is 2.67. The molecule has 4 aliphatic rings. The van der Waals surface area contributed by atoms with Crippen molar-refractivity contribution in [3.63, 3.8) is 0 Å². The third-order valence-electron chi connectivity index (χ3n) is 10.0. The second-order valence-corrected chi connectivity index (χ2v) is 11.8. The van der Waals surface area contributed by atoms with E-state index in [2.05, 4.69) is 40.7 Å². The summed E-state index contributed by atoms with van der Waals surface area (Å²) in [7, 11) is 0. The van der Waals surface area contributed by atoms with Crippen LogP contribution in [-0.2, 0) is 0 Å². The average Bonchev–Trinajstić information content (AvgIpc) is 2.97. The highest BCUT2D eigenvalue weighted by Gasteiger charge is 2.59. The minimum Gasteiger partial charge on any atom is -0.393 e. The number of allylic oxidation sites excluding steroid dienone is 1. The number of fused-ring (bicyclic) bond motifs is 5. The second kappa shape index (κ2) is 7.19. The Hall–Kier alpha value is -0.300. The summed E-state index contributed by atoms with van der Waals surface area (Å²) in [6.07, 6.45) is 15.7. The summed E-state index contributed by atoms with van der Waals surface area (Å²) >= 11 is 0. The molecule has 8 atom stereocenters. The number of hydrogen-bond donors (Lipinski definition) is 1. The molecule has 3 saturated carbocycles. The van der Waals surface area contributed by atoms with Crippen LogP contribution >= 0.6 is 0 Å². The Kier molecular flexibility index (Phi) is 5.32. The first-order valence-electron chi connectivity index (χ1n) is 12.1. The SMILES string of the molecule is CC(C)CC[C@@H](C)[C@@H]1CC[C@@H]2[C@H]3CC=C4C[C@@H](O)CC[C@@]4(C)[C@@H]3CC[C@@]21C. The van der Waals surface area contributed by atoms with Gasteiger partial charge in [0.1, 0.15) is 0 Å². The first-order valence-corrected chi connectivity index (χ1v) is 12.1. The summed E-state index contributed by atoms with van der Waals surface area (Å²) in [5.74, 6) is 5.44. The van der Waals surface area contributed by atoms with E-state index in [1.54, 1.807) is 5.57 Å². The van der Waals surface area contributed by atoms with Gasteiger partial charge < -0.3 is 5.11 Å². The van der Waals surface area contributed by atoms with Crippen molar-refractivity contribution in [3.8, 4) is 0 Å². The van der Waals surface area contributed by atoms with E-state index in [1.165, 1.54) is 51.4 Å². The topological polar surface area (TPSA) is 20.2 Å². The zero-order chi connectivity index (χ0) is 19.4. The summed E-state index contributed by atoms with van der Waals surface area (Å²) in [5.41, 5.74) is 2.60. The summed E-state index contributed by atoms with van der Waals surface area (Å²) in [4.78, 5) is 0. The molecule has 0 amide bonds. The van der Waals surface area contributed by atoms with Crippen molar-refractivity contribution in [2.24, 2.45) is 46.3 Å². The molecule has 0 aliphatic heterocycles. The van der Waals surface area contributed by atoms with Crippen LogP contribution in [-0.4, -0.2) is 11.2 Å². The van der Waals surface area contributed by atoms with Crippen LogP contribution in [0.4, 0.5) is 0 Å². The van der Waals surface area contributed by atoms with Gasteiger partial charge in [-0.1, -0.05) is 59.1 Å². The molecule has 3 fully saturated rings. The van der Waals surface area contributed by atoms with Gasteiger partial charge in [-0.15, -0.1) is 0 Å². The van der Waals surface area contributed by atoms with Crippen molar-refractivity contribution >= 4 is 0 Å². The second-order valence-electron chi connectivity index (χ2n) is 11.8. The third kappa shape index (κ3) is 3.24. The minimum atomic E-state index is -0.0765. The first kappa shape index (κ1) is 20.0. The molecule has 1 nitrogen and oxygen atoms in total. The van der Waals surface area contributed by atoms with Gasteiger partial charge in [-0.05, 0) is 97.7 Å². The molecular weight excluding hydrogens is 328 g/mol. The molecule has 4 aliphatic carbocycles. The minimum absolute atomic E-state index is 0.0765. The normalized spacial score (nSPS) is 47.8. The lowest BCUT2D eigenvalue weighted by molar-refractivity contribution is -0.0574. The van der Waals surface area contributed by atoms with E-state index in [9.17, 15) is 5.11 Å². The Balaban J connectivity index is 1.53. The van der Waals surface area contributed by atoms with E-state index in [-0.39, 0.29) is 6.10 Å². The molecule has 0 aromatic rings. The van der Waals surface area contributed by atoms with Crippen molar-refractivity contribution in [1.82, 2.24) is 0 Å². The number of aliphatic hydroxyl groups excluding tert-OH is 1. The molecule has 0 heterocycles. The van der Waals surface area contributed by atoms with Crippen LogP contribution in [0, 0.1) is 46.3 Å². The number of hydrogen-bond acceptors (Lipinski definition) is 1. The van der Waals surface area contributed by atoms with Crippen LogP contribution in [0.1, 0.15) is 98.8 Å². The summed E-state index contributed by atoms with van der Waals surface area (Å²) in [6, 6.07) is 0. The average molecular weight is 373 g/mol. The molecule has 0 spiro atoms. The van der Waals surface area contributed by atoms with Crippen molar-refractivity contribution in [1.29, 1.82) is 0 Å². The van der Waals surface area contributed by atoms with Crippen LogP contribution in [0.25, 0.3) is 0 Å². The highest BCUT2D eigenvalue weighted by atomic mass is 16.3. The van der Waals surface area contributed by atoms with Crippen LogP contribution in [0.3, 0.4) is 0 Å². The fourth-order valence-electron chi connectivity index (χ4n) is 8.41. The molecule has 0 unspecified atom stereocenters. The van der Waals surface area contributed by atoms with E-state index in [0.717, 1.165) is 48.3 Å². The predicted octanol–water partition coefficient (Wildman–Crippen LogP) is 7.00. The van der Waals surface area contributed by atoms with Crippen molar-refractivity contribution < 1.29 is 5.11 Å². The van der Waals surface area contributed by atoms with E-state index in [0.29, 0.717) is 10.8 Å². The Labute approximate surface area is 168 Å². The highest BCUT2D eigenvalue weighted by molar-refractivity contribution is 5.25. The first-order chi connectivity index (χ1) is 12.8. The van der Waals surface area contributed by atoms with Gasteiger partial charge in [-0.2, -0.15) is 0 Å². The number of rotatable bonds is 4. The zero-order valence-corrected chi connectivity index (χ0v) is 18.6. The lowest BCUT2D eigenvalue weighted by Crippen LogP contribution is -2.50. The fourth-order valence-corrected chi connectivity index (χ4v) is 8.41. The summed E-state index contributed by atoms with van der Waals surface area (Å²) in [5, 5.41) is 10.2. The zero-order valence-electron chi connectivity index (χ0n) is 18.6. The molecule has 0 bridgehead atoms. The molecule has 154 valence electrons. The van der Waals surface area contributed by atoms with Crippen LogP contribution in [0.5, 0.6) is 0 Å². The lowest BCUT2D eigenvalue weighted by atomic mass is 9.47. The molecule has 0 aromatic carbocycles. The van der Waals surface area contributed by atoms with E-state index >= 15 is 0 Å². The Bertz CT molecular complexity index is 577. The van der Waals surface area contributed by atoms with Gasteiger partial charge in [-0.3, -0.25) is 0 Å². The Morgan fingerprint density at radius 2 is 1.78 bits per heavy atom. The molecular formula is C26H44O. The van der Waals surface area contributed by atoms with Gasteiger partial charge in [0, 0.05) is 0 Å². The van der Waals surface area contributed by atoms with Gasteiger partial charge in [0.15, 0.2) is 0 Å². The van der Waals surface area contributed by atoms with Crippen molar-refractivity contribution in [2.75, 3.05) is 0 Å². The largest absolute Gasteiger partial charge is 0.393 e. The standard InChI is InChI=1S/C26H44O/c1-17(2)6-7-18(3)22-10-11-23-21-9-8-19-16-20(27)12-14-25(19,4)24(21)13-15-26(22,23)5/h8,17-18,20-24,27H,6-7,9-16H2,1-5H3/t18-,20+,21-,22+,23-,24-,25-,26-/m1/s1. The van der Waals surface area contributed by atoms with Gasteiger partial charge in [0.05, 0.1) is 6.10 Å². The van der Waals surface area contributed by atoms with Gasteiger partial charge in [-0.25, -0.2) is 0 Å². The summed E-state index contributed by atoms with van der Waals surface area (Å²) < 4.78 is 0. The van der Waals surface area contributed by atoms with Gasteiger partial charge >= 0.3 is 0 Å². The lowest BCUT2D eigenvalue weighted by Gasteiger charge is -2.58. The molecule has 0 saturated heterocycles. The smallest absolute Gasteiger partial charge is 0.0577 e. The van der Waals surface area contributed by atoms with Crippen molar-refractivity contribution in [3.05, 3.63) is 11.6 Å². The maximum absolute atomic E-state index is 10.2. The monoisotopic (exact) mass is 372 g/mol. The molecule has 0 radical (unpaired) electrons. The molecule has 27 heavy (non-hydrogen) atoms. The van der Waals surface area contributed by atoms with Crippen LogP contribution in [0.15, 0.2) is 11.6 Å². The molecule has 4 rings (SSSR count). The number of aliphatic hydroxyl groups is 1. The maximum Gasteiger partial charge on any atom is 0.0577 e. The van der Waals surface area contributed by atoms with E-state index < -0.39 is 0 Å². The molecule has 1 N–H and O–H groups in total. The predicted molar refractivity (Wildman–Crippen MR) is 114 cm³/mol. The molecule has 1 heteroatoms. The van der Waals surface area contributed by atoms with Crippen molar-refractivity contribution in [2.45, 2.75) is 105 Å². The van der Waals surface area contributed by atoms with Crippen LogP contribution in [0.2, 0.25) is 0 Å². The quantitative estimate of drug-likeness (QED) is 0.527. The van der Waals surface area contributed by atoms with Crippen LogP contribution < -0.4 is 0 Å². The van der Waals surface area contributed by atoms with Gasteiger partial charge in [0.2, 0.25) is 0 Å². The van der Waals surface area contributed by atoms with Gasteiger partial charge in [0.25, 0.3) is 0 Å². The summed E-state index contributed by atoms with van der Waals surface area (Å²) in [6.45, 7) is 12.6. The Morgan fingerprint density at radius 3 is 2.52 bits per heavy atom. The fraction of sp³-hybridized carbons (Fsp3) is 0.923. The maximum atomic E-state index is 10.2. The van der Waals surface area contributed by atoms with E-state index in [4.69, 9.17) is 0 Å². The third-order valence-corrected chi connectivity index (χ3v) is 10.0.